The number of rotatable bonds is 3. The van der Waals surface area contributed by atoms with Gasteiger partial charge in [0.2, 0.25) is 5.95 Å². The van der Waals surface area contributed by atoms with Gasteiger partial charge in [0.1, 0.15) is 5.82 Å². The van der Waals surface area contributed by atoms with Gasteiger partial charge in [0.25, 0.3) is 0 Å². The summed E-state index contributed by atoms with van der Waals surface area (Å²) in [5.74, 6) is 2.27. The van der Waals surface area contributed by atoms with Gasteiger partial charge < -0.3 is 10.2 Å². The molecule has 0 atom stereocenters. The maximum absolute atomic E-state index is 4.77. The molecule has 100 valence electrons. The van der Waals surface area contributed by atoms with E-state index in [1.807, 2.05) is 7.05 Å². The van der Waals surface area contributed by atoms with Crippen molar-refractivity contribution in [3.05, 3.63) is 9.26 Å². The van der Waals surface area contributed by atoms with Gasteiger partial charge in [0.15, 0.2) is 0 Å². The summed E-state index contributed by atoms with van der Waals surface area (Å²) in [5, 5.41) is 3.18. The Hall–Kier alpha value is -0.590. The second kappa shape index (κ2) is 6.04. The minimum absolute atomic E-state index is 0.426. The molecule has 1 saturated heterocycles. The van der Waals surface area contributed by atoms with E-state index in [1.165, 1.54) is 19.3 Å². The highest BCUT2D eigenvalue weighted by atomic mass is 127. The fraction of sp³-hybridized carbons (Fsp3) is 0.692. The third-order valence-electron chi connectivity index (χ3n) is 3.29. The van der Waals surface area contributed by atoms with E-state index >= 15 is 0 Å². The number of nitrogens with zero attached hydrogens (tertiary/aromatic N) is 3. The Morgan fingerprint density at radius 1 is 1.17 bits per heavy atom. The first kappa shape index (κ1) is 13.8. The average molecular weight is 360 g/mol. The van der Waals surface area contributed by atoms with Crippen LogP contribution in [-0.4, -0.2) is 30.1 Å². The topological polar surface area (TPSA) is 41.1 Å². The summed E-state index contributed by atoms with van der Waals surface area (Å²) in [6.45, 7) is 6.54. The molecule has 4 nitrogen and oxygen atoms in total. The quantitative estimate of drug-likeness (QED) is 0.841. The Kier molecular flexibility index (Phi) is 4.64. The van der Waals surface area contributed by atoms with Crippen molar-refractivity contribution in [3.63, 3.8) is 0 Å². The maximum Gasteiger partial charge on any atom is 0.227 e. The second-order valence-electron chi connectivity index (χ2n) is 5.02. The van der Waals surface area contributed by atoms with E-state index in [-0.39, 0.29) is 0 Å². The summed E-state index contributed by atoms with van der Waals surface area (Å²) >= 11 is 2.34. The highest BCUT2D eigenvalue weighted by Gasteiger charge is 2.19. The summed E-state index contributed by atoms with van der Waals surface area (Å²) in [5.41, 5.74) is 1.15. The molecule has 1 fully saturated rings. The van der Waals surface area contributed by atoms with Gasteiger partial charge in [-0.25, -0.2) is 4.98 Å². The van der Waals surface area contributed by atoms with Crippen LogP contribution >= 0.6 is 22.6 Å². The molecular weight excluding hydrogens is 339 g/mol. The van der Waals surface area contributed by atoms with Crippen molar-refractivity contribution in [3.8, 4) is 0 Å². The number of hydrogen-bond acceptors (Lipinski definition) is 4. The first-order valence-corrected chi connectivity index (χ1v) is 7.71. The van der Waals surface area contributed by atoms with E-state index in [9.17, 15) is 0 Å². The first-order chi connectivity index (χ1) is 8.63. The molecule has 1 N–H and O–H groups in total. The standard InChI is InChI=1S/C13H21IN4/c1-9(2)11-10(14)12(15-3)17-13(16-11)18-7-5-4-6-8-18/h9H,4-8H2,1-3H3,(H,15,16,17). The Morgan fingerprint density at radius 3 is 2.39 bits per heavy atom. The second-order valence-corrected chi connectivity index (χ2v) is 6.10. The van der Waals surface area contributed by atoms with Crippen molar-refractivity contribution >= 4 is 34.4 Å². The molecule has 0 saturated carbocycles. The van der Waals surface area contributed by atoms with Gasteiger partial charge in [0, 0.05) is 20.1 Å². The lowest BCUT2D eigenvalue weighted by Crippen LogP contribution is -2.31. The molecule has 0 radical (unpaired) electrons. The van der Waals surface area contributed by atoms with Crippen LogP contribution in [0.2, 0.25) is 0 Å². The van der Waals surface area contributed by atoms with E-state index in [2.05, 4.69) is 51.6 Å². The molecule has 1 aromatic rings. The van der Waals surface area contributed by atoms with Crippen LogP contribution in [0.15, 0.2) is 0 Å². The number of piperidine rings is 1. The van der Waals surface area contributed by atoms with Gasteiger partial charge in [-0.15, -0.1) is 0 Å². The minimum atomic E-state index is 0.426. The Balaban J connectivity index is 2.37. The monoisotopic (exact) mass is 360 g/mol. The zero-order valence-corrected chi connectivity index (χ0v) is 13.5. The third-order valence-corrected chi connectivity index (χ3v) is 4.35. The van der Waals surface area contributed by atoms with Crippen molar-refractivity contribution in [2.75, 3.05) is 30.4 Å². The van der Waals surface area contributed by atoms with Crippen molar-refractivity contribution in [1.82, 2.24) is 9.97 Å². The molecule has 0 amide bonds. The number of anilines is 2. The van der Waals surface area contributed by atoms with Gasteiger partial charge in [-0.2, -0.15) is 4.98 Å². The molecule has 1 aliphatic rings. The number of aromatic nitrogens is 2. The highest BCUT2D eigenvalue weighted by molar-refractivity contribution is 14.1. The zero-order valence-electron chi connectivity index (χ0n) is 11.3. The molecule has 1 aromatic heterocycles. The van der Waals surface area contributed by atoms with Gasteiger partial charge in [-0.05, 0) is 47.8 Å². The zero-order chi connectivity index (χ0) is 13.1. The summed E-state index contributed by atoms with van der Waals surface area (Å²) in [6.07, 6.45) is 3.83. The Bertz CT molecular complexity index is 414. The summed E-state index contributed by atoms with van der Waals surface area (Å²) < 4.78 is 1.14. The molecule has 2 heterocycles. The van der Waals surface area contributed by atoms with Gasteiger partial charge in [0.05, 0.1) is 9.26 Å². The summed E-state index contributed by atoms with van der Waals surface area (Å²) in [4.78, 5) is 11.7. The molecule has 0 bridgehead atoms. The van der Waals surface area contributed by atoms with E-state index in [0.29, 0.717) is 5.92 Å². The molecule has 0 unspecified atom stereocenters. The smallest absolute Gasteiger partial charge is 0.227 e. The first-order valence-electron chi connectivity index (χ1n) is 6.63. The highest BCUT2D eigenvalue weighted by Crippen LogP contribution is 2.28. The third kappa shape index (κ3) is 2.87. The van der Waals surface area contributed by atoms with Crippen LogP contribution in [-0.2, 0) is 0 Å². The molecule has 0 aliphatic carbocycles. The molecule has 2 rings (SSSR count). The van der Waals surface area contributed by atoms with Crippen LogP contribution < -0.4 is 10.2 Å². The minimum Gasteiger partial charge on any atom is -0.372 e. The van der Waals surface area contributed by atoms with Crippen LogP contribution in [0.5, 0.6) is 0 Å². The van der Waals surface area contributed by atoms with Gasteiger partial charge in [-0.1, -0.05) is 13.8 Å². The van der Waals surface area contributed by atoms with Gasteiger partial charge in [-0.3, -0.25) is 0 Å². The summed E-state index contributed by atoms with van der Waals surface area (Å²) in [6, 6.07) is 0. The van der Waals surface area contributed by atoms with E-state index in [1.54, 1.807) is 0 Å². The summed E-state index contributed by atoms with van der Waals surface area (Å²) in [7, 11) is 1.93. The Morgan fingerprint density at radius 2 is 1.83 bits per heavy atom. The SMILES string of the molecule is CNc1nc(N2CCCCC2)nc(C(C)C)c1I. The fourth-order valence-electron chi connectivity index (χ4n) is 2.24. The van der Waals surface area contributed by atoms with E-state index in [4.69, 9.17) is 4.98 Å². The molecule has 0 aromatic carbocycles. The number of halogens is 1. The van der Waals surface area contributed by atoms with Crippen LogP contribution in [0, 0.1) is 3.57 Å². The van der Waals surface area contributed by atoms with Crippen molar-refractivity contribution in [2.24, 2.45) is 0 Å². The van der Waals surface area contributed by atoms with Crippen molar-refractivity contribution in [2.45, 2.75) is 39.0 Å². The molecule has 5 heteroatoms. The molecule has 18 heavy (non-hydrogen) atoms. The van der Waals surface area contributed by atoms with Crippen molar-refractivity contribution in [1.29, 1.82) is 0 Å². The van der Waals surface area contributed by atoms with E-state index < -0.39 is 0 Å². The number of hydrogen-bond donors (Lipinski definition) is 1. The van der Waals surface area contributed by atoms with E-state index in [0.717, 1.165) is 34.1 Å². The predicted octanol–water partition coefficient (Wildman–Crippen LogP) is 3.24. The lowest BCUT2D eigenvalue weighted by atomic mass is 10.1. The average Bonchev–Trinajstić information content (AvgIpc) is 2.39. The molecule has 0 spiro atoms. The van der Waals surface area contributed by atoms with Crippen LogP contribution in [0.3, 0.4) is 0 Å². The van der Waals surface area contributed by atoms with Crippen LogP contribution in [0.1, 0.15) is 44.7 Å². The largest absolute Gasteiger partial charge is 0.372 e. The number of nitrogens with one attached hydrogen (secondary N) is 1. The molecular formula is C13H21IN4. The van der Waals surface area contributed by atoms with Crippen LogP contribution in [0.4, 0.5) is 11.8 Å². The Labute approximate surface area is 123 Å². The maximum atomic E-state index is 4.77. The lowest BCUT2D eigenvalue weighted by molar-refractivity contribution is 0.566. The lowest BCUT2D eigenvalue weighted by Gasteiger charge is -2.28. The van der Waals surface area contributed by atoms with Crippen LogP contribution in [0.25, 0.3) is 0 Å². The van der Waals surface area contributed by atoms with Gasteiger partial charge >= 0.3 is 0 Å². The fourth-order valence-corrected chi connectivity index (χ4v) is 3.37. The normalized spacial score (nSPS) is 16.2. The predicted molar refractivity (Wildman–Crippen MR) is 84.4 cm³/mol. The molecule has 1 aliphatic heterocycles. The van der Waals surface area contributed by atoms with Crippen molar-refractivity contribution < 1.29 is 0 Å².